The molecular weight excluding hydrogens is 949 g/mol. The molecule has 4 bridgehead atoms. The summed E-state index contributed by atoms with van der Waals surface area (Å²) in [5, 5.41) is 2.55. The molecule has 11 aromatic rings. The van der Waals surface area contributed by atoms with Crippen LogP contribution in [0.4, 0.5) is 0 Å². The van der Waals surface area contributed by atoms with Crippen LogP contribution in [0.2, 0.25) is 0 Å². The quantitative estimate of drug-likeness (QED) is 0.146. The Labute approximate surface area is 465 Å². The smallest absolute Gasteiger partial charge is 0.0622 e. The van der Waals surface area contributed by atoms with Crippen LogP contribution in [-0.2, 0) is 16.2 Å². The van der Waals surface area contributed by atoms with E-state index in [1.807, 2.05) is 0 Å². The first-order valence-electron chi connectivity index (χ1n) is 29.3. The van der Waals surface area contributed by atoms with Gasteiger partial charge >= 0.3 is 0 Å². The minimum Gasteiger partial charge on any atom is -0.0622 e. The van der Waals surface area contributed by atoms with Gasteiger partial charge in [-0.3, -0.25) is 0 Å². The van der Waals surface area contributed by atoms with Gasteiger partial charge in [-0.25, -0.2) is 0 Å². The van der Waals surface area contributed by atoms with Crippen molar-refractivity contribution in [3.8, 4) is 55.6 Å². The fraction of sp³-hybridized carbons (Fsp3) is 0.190. The fourth-order valence-corrected chi connectivity index (χ4v) is 18.1. The molecule has 0 radical (unpaired) electrons. The highest BCUT2D eigenvalue weighted by Crippen LogP contribution is 2.70. The molecule has 378 valence electrons. The maximum absolute atomic E-state index is 2.67. The van der Waals surface area contributed by atoms with E-state index in [0.717, 1.165) is 23.7 Å². The molecule has 0 aliphatic heterocycles. The molecule has 11 aromatic carbocycles. The van der Waals surface area contributed by atoms with Crippen LogP contribution in [0.15, 0.2) is 249 Å². The number of hydrogen-bond acceptors (Lipinski definition) is 0. The molecule has 0 N–H and O–H groups in total. The van der Waals surface area contributed by atoms with E-state index >= 15 is 0 Å². The first-order chi connectivity index (χ1) is 38.9. The molecule has 0 heteroatoms. The zero-order chi connectivity index (χ0) is 52.2. The van der Waals surface area contributed by atoms with Crippen molar-refractivity contribution in [3.05, 3.63) is 310 Å². The van der Waals surface area contributed by atoms with Crippen LogP contribution < -0.4 is 0 Å². The van der Waals surface area contributed by atoms with Crippen LogP contribution in [0.25, 0.3) is 66.4 Å². The van der Waals surface area contributed by atoms with Crippen molar-refractivity contribution in [1.29, 1.82) is 0 Å². The summed E-state index contributed by atoms with van der Waals surface area (Å²) in [4.78, 5) is 0. The normalized spacial score (nSPS) is 23.2. The lowest BCUT2D eigenvalue weighted by atomic mass is 9.43. The average molecular weight is 1010 g/mol. The maximum atomic E-state index is 2.67. The van der Waals surface area contributed by atoms with E-state index in [4.69, 9.17) is 0 Å². The van der Waals surface area contributed by atoms with Crippen molar-refractivity contribution >= 4 is 10.8 Å². The van der Waals surface area contributed by atoms with Gasteiger partial charge < -0.3 is 0 Å². The summed E-state index contributed by atoms with van der Waals surface area (Å²) in [5.41, 5.74) is 27.9. The summed E-state index contributed by atoms with van der Waals surface area (Å²) in [6.07, 6.45) is 7.00. The predicted molar refractivity (Wildman–Crippen MR) is 327 cm³/mol. The van der Waals surface area contributed by atoms with Crippen LogP contribution in [0.3, 0.4) is 0 Å². The largest absolute Gasteiger partial charge is 0.0719 e. The summed E-state index contributed by atoms with van der Waals surface area (Å²) in [5.74, 6) is 3.20. The van der Waals surface area contributed by atoms with E-state index in [-0.39, 0.29) is 16.7 Å². The SMILES string of the molecule is CC1(C)c2ccccc2C2(c3ccccc3-c3ccc(C(c4cccc(-c5cccc(-c6ccccc6)c5)c4)c4ccc5c(c4)-c4ccccc4C54C5CC6CC(C5)CC4C6)cc32)c2cc(-c3cccc4ccccc34)ccc21. The highest BCUT2D eigenvalue weighted by atomic mass is 14.6. The van der Waals surface area contributed by atoms with Crippen LogP contribution in [0, 0.1) is 23.7 Å². The summed E-state index contributed by atoms with van der Waals surface area (Å²) in [7, 11) is 0. The minimum absolute atomic E-state index is 0.0485. The van der Waals surface area contributed by atoms with Crippen molar-refractivity contribution in [2.75, 3.05) is 0 Å². The Morgan fingerprint density at radius 1 is 0.304 bits per heavy atom. The third kappa shape index (κ3) is 6.32. The van der Waals surface area contributed by atoms with Crippen molar-refractivity contribution in [2.24, 2.45) is 23.7 Å². The molecule has 7 aliphatic rings. The van der Waals surface area contributed by atoms with Gasteiger partial charge in [0.15, 0.2) is 0 Å². The van der Waals surface area contributed by atoms with Gasteiger partial charge in [0.25, 0.3) is 0 Å². The Bertz CT molecular complexity index is 4280. The number of hydrogen-bond donors (Lipinski definition) is 0. The fourth-order valence-electron chi connectivity index (χ4n) is 18.1. The Hall–Kier alpha value is -8.32. The first kappa shape index (κ1) is 45.7. The zero-order valence-corrected chi connectivity index (χ0v) is 45.1. The second-order valence-electron chi connectivity index (χ2n) is 25.1. The third-order valence-corrected chi connectivity index (χ3v) is 21.0. The van der Waals surface area contributed by atoms with E-state index in [2.05, 4.69) is 263 Å². The van der Waals surface area contributed by atoms with Gasteiger partial charge in [0.05, 0.1) is 5.41 Å². The number of rotatable bonds is 6. The molecular formula is C79H62. The molecule has 2 spiro atoms. The lowest BCUT2D eigenvalue weighted by Gasteiger charge is -2.61. The van der Waals surface area contributed by atoms with Gasteiger partial charge in [-0.15, -0.1) is 0 Å². The van der Waals surface area contributed by atoms with Gasteiger partial charge in [0, 0.05) is 16.7 Å². The molecule has 0 amide bonds. The molecule has 79 heavy (non-hydrogen) atoms. The topological polar surface area (TPSA) is 0 Å². The van der Waals surface area contributed by atoms with Gasteiger partial charge in [-0.05, 0) is 202 Å². The molecule has 18 rings (SSSR count). The second-order valence-corrected chi connectivity index (χ2v) is 25.1. The summed E-state index contributed by atoms with van der Waals surface area (Å²) < 4.78 is 0. The van der Waals surface area contributed by atoms with Crippen LogP contribution in [0.1, 0.15) is 113 Å². The van der Waals surface area contributed by atoms with E-state index in [9.17, 15) is 0 Å². The average Bonchev–Trinajstić information content (AvgIpc) is 2.81. The molecule has 4 fully saturated rings. The second kappa shape index (κ2) is 16.8. The van der Waals surface area contributed by atoms with E-state index in [0.29, 0.717) is 0 Å². The molecule has 2 unspecified atom stereocenters. The predicted octanol–water partition coefficient (Wildman–Crippen LogP) is 19.7. The Morgan fingerprint density at radius 2 is 0.823 bits per heavy atom. The van der Waals surface area contributed by atoms with E-state index in [1.165, 1.54) is 149 Å². The molecule has 0 aromatic heterocycles. The van der Waals surface area contributed by atoms with Gasteiger partial charge in [-0.1, -0.05) is 244 Å². The molecule has 4 saturated carbocycles. The van der Waals surface area contributed by atoms with Crippen molar-refractivity contribution in [1.82, 2.24) is 0 Å². The lowest BCUT2D eigenvalue weighted by molar-refractivity contribution is -0.0399. The van der Waals surface area contributed by atoms with Crippen LogP contribution >= 0.6 is 0 Å². The Morgan fingerprint density at radius 3 is 1.62 bits per heavy atom. The first-order valence-corrected chi connectivity index (χ1v) is 29.3. The van der Waals surface area contributed by atoms with E-state index < -0.39 is 5.41 Å². The minimum atomic E-state index is -0.572. The lowest BCUT2D eigenvalue weighted by Crippen LogP contribution is -2.55. The molecule has 0 nitrogen and oxygen atoms in total. The number of fused-ring (bicyclic) bond motifs is 13. The third-order valence-electron chi connectivity index (χ3n) is 21.0. The monoisotopic (exact) mass is 1010 g/mol. The molecule has 7 aliphatic carbocycles. The Kier molecular flexibility index (Phi) is 9.74. The highest BCUT2D eigenvalue weighted by molar-refractivity contribution is 5.98. The molecule has 0 saturated heterocycles. The van der Waals surface area contributed by atoms with E-state index in [1.54, 1.807) is 11.1 Å². The molecule has 0 heterocycles. The Balaban J connectivity index is 0.909. The van der Waals surface area contributed by atoms with Crippen LogP contribution in [-0.4, -0.2) is 0 Å². The van der Waals surface area contributed by atoms with Crippen LogP contribution in [0.5, 0.6) is 0 Å². The summed E-state index contributed by atoms with van der Waals surface area (Å²) >= 11 is 0. The standard InChI is InChI=1S/C79H62/c1-77(2)71-31-12-13-32-73(71)79(75-47-56(34-38-72(75)77)63-28-16-20-52-19-6-7-25-62(52)63)69-30-11-8-26-64(69)66-36-33-59(48-74(66)79)76(57-24-15-23-55(45-57)54-22-14-21-53(44-54)51-17-4-3-5-18-51)58-35-37-70-67(46-58)65-27-9-10-29-68(65)78(70)60-40-49-39-50(42-60)43-61(78)41-49/h3-38,44-50,60-61,76H,39-43H2,1-2H3. The molecule has 2 atom stereocenters. The zero-order valence-electron chi connectivity index (χ0n) is 45.1. The van der Waals surface area contributed by atoms with Gasteiger partial charge in [0.2, 0.25) is 0 Å². The van der Waals surface area contributed by atoms with Crippen molar-refractivity contribution in [2.45, 2.75) is 68.1 Å². The van der Waals surface area contributed by atoms with Gasteiger partial charge in [0.1, 0.15) is 0 Å². The summed E-state index contributed by atoms with van der Waals surface area (Å²) in [6, 6.07) is 96.7. The maximum Gasteiger partial charge on any atom is 0.0719 e. The van der Waals surface area contributed by atoms with Crippen molar-refractivity contribution < 1.29 is 0 Å². The van der Waals surface area contributed by atoms with Crippen molar-refractivity contribution in [3.63, 3.8) is 0 Å². The number of benzene rings is 11. The van der Waals surface area contributed by atoms with Gasteiger partial charge in [-0.2, -0.15) is 0 Å². The summed E-state index contributed by atoms with van der Waals surface area (Å²) in [6.45, 7) is 4.90. The highest BCUT2D eigenvalue weighted by Gasteiger charge is 2.62.